The maximum atomic E-state index is 8.68. The van der Waals surface area contributed by atoms with Crippen LogP contribution >= 0.6 is 11.6 Å². The topological polar surface area (TPSA) is 59.0 Å². The average molecular weight is 259 g/mol. The highest BCUT2D eigenvalue weighted by molar-refractivity contribution is 6.33. The van der Waals surface area contributed by atoms with E-state index < -0.39 is 0 Å². The van der Waals surface area contributed by atoms with Crippen LogP contribution in [0.4, 0.5) is 5.69 Å². The number of nitrogen functional groups attached to an aromatic ring is 1. The molecule has 0 atom stereocenters. The van der Waals surface area contributed by atoms with Crippen LogP contribution in [0.1, 0.15) is 11.1 Å². The summed E-state index contributed by atoms with van der Waals surface area (Å²) in [6, 6.07) is 14.4. The van der Waals surface area contributed by atoms with Crippen molar-refractivity contribution in [3.05, 3.63) is 58.6 Å². The lowest BCUT2D eigenvalue weighted by molar-refractivity contribution is 0.306. The third kappa shape index (κ3) is 2.93. The van der Waals surface area contributed by atoms with Gasteiger partial charge in [-0.2, -0.15) is 5.26 Å². The number of halogens is 1. The zero-order valence-electron chi connectivity index (χ0n) is 9.56. The Labute approximate surface area is 110 Å². The van der Waals surface area contributed by atoms with Gasteiger partial charge in [0.2, 0.25) is 0 Å². The fourth-order valence-corrected chi connectivity index (χ4v) is 1.59. The summed E-state index contributed by atoms with van der Waals surface area (Å²) >= 11 is 5.83. The third-order valence-corrected chi connectivity index (χ3v) is 2.79. The molecule has 0 unspecified atom stereocenters. The van der Waals surface area contributed by atoms with Crippen molar-refractivity contribution in [3.8, 4) is 11.8 Å². The lowest BCUT2D eigenvalue weighted by Gasteiger charge is -2.07. The van der Waals surface area contributed by atoms with Gasteiger partial charge in [0.1, 0.15) is 12.4 Å². The molecule has 4 heteroatoms. The van der Waals surface area contributed by atoms with Crippen LogP contribution in [0, 0.1) is 11.3 Å². The van der Waals surface area contributed by atoms with Gasteiger partial charge in [-0.05, 0) is 42.0 Å². The Hall–Kier alpha value is -2.18. The van der Waals surface area contributed by atoms with Crippen LogP contribution in [0.15, 0.2) is 42.5 Å². The smallest absolute Gasteiger partial charge is 0.119 e. The second kappa shape index (κ2) is 5.44. The maximum Gasteiger partial charge on any atom is 0.119 e. The molecule has 0 heterocycles. The Morgan fingerprint density at radius 2 is 1.89 bits per heavy atom. The van der Waals surface area contributed by atoms with Crippen molar-refractivity contribution < 1.29 is 4.74 Å². The van der Waals surface area contributed by atoms with Crippen LogP contribution in [-0.2, 0) is 6.61 Å². The Morgan fingerprint density at radius 1 is 1.17 bits per heavy atom. The minimum Gasteiger partial charge on any atom is -0.489 e. The molecule has 0 aromatic heterocycles. The Morgan fingerprint density at radius 3 is 2.50 bits per heavy atom. The first-order chi connectivity index (χ1) is 8.69. The lowest BCUT2D eigenvalue weighted by atomic mass is 10.2. The molecule has 0 saturated carbocycles. The quantitative estimate of drug-likeness (QED) is 0.859. The fourth-order valence-electron chi connectivity index (χ4n) is 1.48. The molecular weight excluding hydrogens is 248 g/mol. The number of anilines is 1. The fraction of sp³-hybridized carbons (Fsp3) is 0.0714. The summed E-state index contributed by atoms with van der Waals surface area (Å²) < 4.78 is 5.58. The molecule has 0 amide bonds. The summed E-state index contributed by atoms with van der Waals surface area (Å²) in [5, 5.41) is 9.21. The third-order valence-electron chi connectivity index (χ3n) is 2.45. The van der Waals surface area contributed by atoms with Gasteiger partial charge in [-0.1, -0.05) is 17.7 Å². The highest BCUT2D eigenvalue weighted by atomic mass is 35.5. The van der Waals surface area contributed by atoms with Crippen LogP contribution in [0.3, 0.4) is 0 Å². The van der Waals surface area contributed by atoms with Crippen LogP contribution in [0.2, 0.25) is 5.02 Å². The van der Waals surface area contributed by atoms with Gasteiger partial charge in [0.15, 0.2) is 0 Å². The van der Waals surface area contributed by atoms with Crippen molar-refractivity contribution in [3.63, 3.8) is 0 Å². The van der Waals surface area contributed by atoms with Crippen LogP contribution in [0.25, 0.3) is 0 Å². The first-order valence-electron chi connectivity index (χ1n) is 5.36. The van der Waals surface area contributed by atoms with Crippen LogP contribution < -0.4 is 10.5 Å². The number of nitrogens with two attached hydrogens (primary N) is 1. The van der Waals surface area contributed by atoms with Crippen LogP contribution in [0.5, 0.6) is 5.75 Å². The molecular formula is C14H11ClN2O. The van der Waals surface area contributed by atoms with E-state index in [9.17, 15) is 0 Å². The van der Waals surface area contributed by atoms with Crippen molar-refractivity contribution >= 4 is 17.3 Å². The van der Waals surface area contributed by atoms with Crippen molar-refractivity contribution in [1.29, 1.82) is 5.26 Å². The maximum absolute atomic E-state index is 8.68. The minimum absolute atomic E-state index is 0.410. The molecule has 2 aromatic carbocycles. The highest BCUT2D eigenvalue weighted by Gasteiger charge is 2.00. The number of benzene rings is 2. The molecule has 0 radical (unpaired) electrons. The molecule has 0 aliphatic carbocycles. The number of nitrogens with zero attached hydrogens (tertiary/aromatic N) is 1. The molecule has 18 heavy (non-hydrogen) atoms. The van der Waals surface area contributed by atoms with Crippen molar-refractivity contribution in [1.82, 2.24) is 0 Å². The summed E-state index contributed by atoms with van der Waals surface area (Å²) in [4.78, 5) is 0. The van der Waals surface area contributed by atoms with Gasteiger partial charge in [0.25, 0.3) is 0 Å². The predicted molar refractivity (Wildman–Crippen MR) is 71.4 cm³/mol. The SMILES string of the molecule is N#Cc1ccc(OCc2ccc(Cl)c(N)c2)cc1. The Balaban J connectivity index is 2.02. The van der Waals surface area contributed by atoms with E-state index in [1.54, 1.807) is 36.4 Å². The predicted octanol–water partition coefficient (Wildman–Crippen LogP) is 3.37. The van der Waals surface area contributed by atoms with Gasteiger partial charge < -0.3 is 10.5 Å². The second-order valence-corrected chi connectivity index (χ2v) is 4.19. The number of hydrogen-bond donors (Lipinski definition) is 1. The second-order valence-electron chi connectivity index (χ2n) is 3.78. The van der Waals surface area contributed by atoms with Gasteiger partial charge >= 0.3 is 0 Å². The summed E-state index contributed by atoms with van der Waals surface area (Å²) in [5.74, 6) is 0.711. The van der Waals surface area contributed by atoms with E-state index in [4.69, 9.17) is 27.3 Å². The molecule has 2 rings (SSSR count). The molecule has 2 N–H and O–H groups in total. The van der Waals surface area contributed by atoms with Crippen molar-refractivity contribution in [2.75, 3.05) is 5.73 Å². The molecule has 0 bridgehead atoms. The molecule has 2 aromatic rings. The number of hydrogen-bond acceptors (Lipinski definition) is 3. The van der Waals surface area contributed by atoms with E-state index in [1.807, 2.05) is 6.07 Å². The van der Waals surface area contributed by atoms with E-state index in [0.29, 0.717) is 28.6 Å². The molecule has 0 fully saturated rings. The molecule has 90 valence electrons. The van der Waals surface area contributed by atoms with E-state index in [2.05, 4.69) is 6.07 Å². The Kier molecular flexibility index (Phi) is 3.71. The van der Waals surface area contributed by atoms with E-state index in [1.165, 1.54) is 0 Å². The first kappa shape index (κ1) is 12.3. The number of rotatable bonds is 3. The van der Waals surface area contributed by atoms with Crippen molar-refractivity contribution in [2.24, 2.45) is 0 Å². The zero-order chi connectivity index (χ0) is 13.0. The first-order valence-corrected chi connectivity index (χ1v) is 5.73. The van der Waals surface area contributed by atoms with Gasteiger partial charge in [0.05, 0.1) is 22.3 Å². The Bertz CT molecular complexity index is 588. The van der Waals surface area contributed by atoms with E-state index in [-0.39, 0.29) is 0 Å². The summed E-state index contributed by atoms with van der Waals surface area (Å²) in [6.45, 7) is 0.410. The van der Waals surface area contributed by atoms with Gasteiger partial charge in [-0.15, -0.1) is 0 Å². The number of ether oxygens (including phenoxy) is 1. The van der Waals surface area contributed by atoms with E-state index >= 15 is 0 Å². The zero-order valence-corrected chi connectivity index (χ0v) is 10.3. The molecule has 0 aliphatic heterocycles. The monoisotopic (exact) mass is 258 g/mol. The largest absolute Gasteiger partial charge is 0.489 e. The van der Waals surface area contributed by atoms with Crippen LogP contribution in [-0.4, -0.2) is 0 Å². The molecule has 3 nitrogen and oxygen atoms in total. The summed E-state index contributed by atoms with van der Waals surface area (Å²) in [7, 11) is 0. The lowest BCUT2D eigenvalue weighted by Crippen LogP contribution is -1.97. The average Bonchev–Trinajstić information content (AvgIpc) is 2.41. The summed E-state index contributed by atoms with van der Waals surface area (Å²) in [6.07, 6.45) is 0. The molecule has 0 spiro atoms. The summed E-state index contributed by atoms with van der Waals surface area (Å²) in [5.41, 5.74) is 7.80. The highest BCUT2D eigenvalue weighted by Crippen LogP contribution is 2.20. The minimum atomic E-state index is 0.410. The van der Waals surface area contributed by atoms with Crippen molar-refractivity contribution in [2.45, 2.75) is 6.61 Å². The molecule has 0 saturated heterocycles. The molecule has 0 aliphatic rings. The van der Waals surface area contributed by atoms with Gasteiger partial charge in [-0.25, -0.2) is 0 Å². The normalized spacial score (nSPS) is 9.78. The van der Waals surface area contributed by atoms with Gasteiger partial charge in [-0.3, -0.25) is 0 Å². The standard InChI is InChI=1S/C14H11ClN2O/c15-13-6-3-11(7-14(13)17)9-18-12-4-1-10(8-16)2-5-12/h1-7H,9,17H2. The number of nitriles is 1. The van der Waals surface area contributed by atoms with E-state index in [0.717, 1.165) is 5.56 Å². The van der Waals surface area contributed by atoms with Gasteiger partial charge in [0, 0.05) is 0 Å².